The number of amides is 1. The second-order valence-corrected chi connectivity index (χ2v) is 5.57. The zero-order chi connectivity index (χ0) is 14.7. The average Bonchev–Trinajstić information content (AvgIpc) is 3.19. The lowest BCUT2D eigenvalue weighted by Gasteiger charge is -2.33. The van der Waals surface area contributed by atoms with Gasteiger partial charge in [-0.05, 0) is 6.54 Å². The summed E-state index contributed by atoms with van der Waals surface area (Å²) in [4.78, 5) is 18.7. The molecule has 2 aliphatic rings. The number of carbonyl (C=O) groups is 1. The van der Waals surface area contributed by atoms with E-state index in [0.717, 1.165) is 45.0 Å². The second-order valence-electron chi connectivity index (χ2n) is 5.57. The van der Waals surface area contributed by atoms with Gasteiger partial charge in [0.2, 0.25) is 0 Å². The molecule has 6 heteroatoms. The largest absolute Gasteiger partial charge is 0.359 e. The van der Waals surface area contributed by atoms with Crippen LogP contribution in [-0.2, 0) is 6.54 Å². The molecule has 0 radical (unpaired) electrons. The van der Waals surface area contributed by atoms with E-state index in [9.17, 15) is 4.79 Å². The summed E-state index contributed by atoms with van der Waals surface area (Å²) in [5.74, 6) is 0.723. The van der Waals surface area contributed by atoms with Crippen LogP contribution in [0.15, 0.2) is 22.7 Å². The topological polar surface area (TPSA) is 52.8 Å². The highest BCUT2D eigenvalue weighted by atomic mass is 16.5. The maximum absolute atomic E-state index is 12.2. The molecular formula is C15H22N4O2. The van der Waals surface area contributed by atoms with Gasteiger partial charge < -0.3 is 14.3 Å². The lowest BCUT2D eigenvalue weighted by Crippen LogP contribution is -2.45. The Hall–Kier alpha value is -1.66. The number of carbonyl (C=O) groups excluding carboxylic acids is 1. The molecule has 0 saturated carbocycles. The van der Waals surface area contributed by atoms with Gasteiger partial charge in [0.25, 0.3) is 5.91 Å². The molecule has 1 fully saturated rings. The first-order valence-corrected chi connectivity index (χ1v) is 7.61. The molecule has 0 spiro atoms. The van der Waals surface area contributed by atoms with Crippen LogP contribution < -0.4 is 0 Å². The van der Waals surface area contributed by atoms with Crippen LogP contribution >= 0.6 is 0 Å². The molecule has 21 heavy (non-hydrogen) atoms. The Balaban J connectivity index is 1.54. The molecule has 1 aromatic heterocycles. The van der Waals surface area contributed by atoms with Gasteiger partial charge in [0.05, 0.1) is 6.54 Å². The molecular weight excluding hydrogens is 268 g/mol. The predicted octanol–water partition coefficient (Wildman–Crippen LogP) is 0.824. The number of hydrogen-bond donors (Lipinski definition) is 0. The highest BCUT2D eigenvalue weighted by Crippen LogP contribution is 2.13. The van der Waals surface area contributed by atoms with Crippen molar-refractivity contribution in [1.82, 2.24) is 19.9 Å². The van der Waals surface area contributed by atoms with Gasteiger partial charge >= 0.3 is 0 Å². The normalized spacial score (nSPS) is 20.3. The van der Waals surface area contributed by atoms with Crippen LogP contribution in [0.5, 0.6) is 0 Å². The summed E-state index contributed by atoms with van der Waals surface area (Å²) in [6.45, 7) is 9.62. The van der Waals surface area contributed by atoms with E-state index in [2.05, 4.69) is 21.9 Å². The van der Waals surface area contributed by atoms with Crippen molar-refractivity contribution < 1.29 is 9.32 Å². The number of rotatable bonds is 4. The van der Waals surface area contributed by atoms with Crippen LogP contribution in [0.1, 0.15) is 23.2 Å². The number of aromatic nitrogens is 1. The molecule has 3 rings (SSSR count). The molecule has 1 saturated heterocycles. The van der Waals surface area contributed by atoms with Crippen molar-refractivity contribution in [2.24, 2.45) is 0 Å². The summed E-state index contributed by atoms with van der Waals surface area (Å²) < 4.78 is 5.33. The zero-order valence-electron chi connectivity index (χ0n) is 12.5. The first-order chi connectivity index (χ1) is 10.3. The fraction of sp³-hybridized carbons (Fsp3) is 0.600. The molecule has 0 aliphatic carbocycles. The summed E-state index contributed by atoms with van der Waals surface area (Å²) in [5.41, 5.74) is 0.417. The summed E-state index contributed by atoms with van der Waals surface area (Å²) in [6.07, 6.45) is 3.98. The average molecular weight is 290 g/mol. The van der Waals surface area contributed by atoms with Crippen molar-refractivity contribution in [3.05, 3.63) is 29.7 Å². The van der Waals surface area contributed by atoms with E-state index in [1.54, 1.807) is 11.0 Å². The van der Waals surface area contributed by atoms with E-state index < -0.39 is 0 Å². The fourth-order valence-corrected chi connectivity index (χ4v) is 2.78. The Bertz CT molecular complexity index is 509. The van der Waals surface area contributed by atoms with E-state index >= 15 is 0 Å². The Morgan fingerprint density at radius 2 is 1.86 bits per heavy atom. The van der Waals surface area contributed by atoms with E-state index in [4.69, 9.17) is 4.52 Å². The summed E-state index contributed by atoms with van der Waals surface area (Å²) in [5, 5.41) is 3.93. The summed E-state index contributed by atoms with van der Waals surface area (Å²) >= 11 is 0. The van der Waals surface area contributed by atoms with Crippen LogP contribution in [0.25, 0.3) is 0 Å². The van der Waals surface area contributed by atoms with Crippen molar-refractivity contribution in [2.75, 3.05) is 45.8 Å². The van der Waals surface area contributed by atoms with Crippen molar-refractivity contribution in [1.29, 1.82) is 0 Å². The van der Waals surface area contributed by atoms with Gasteiger partial charge in [-0.1, -0.05) is 24.2 Å². The molecule has 1 aromatic rings. The molecule has 114 valence electrons. The lowest BCUT2D eigenvalue weighted by molar-refractivity contribution is 0.0789. The third kappa shape index (κ3) is 3.33. The molecule has 0 bridgehead atoms. The predicted molar refractivity (Wildman–Crippen MR) is 78.9 cm³/mol. The minimum absolute atomic E-state index is 0.0502. The maximum Gasteiger partial charge on any atom is 0.276 e. The van der Waals surface area contributed by atoms with Crippen molar-refractivity contribution in [3.63, 3.8) is 0 Å². The molecule has 0 aromatic carbocycles. The van der Waals surface area contributed by atoms with Crippen molar-refractivity contribution in [3.8, 4) is 0 Å². The van der Waals surface area contributed by atoms with Gasteiger partial charge in [-0.15, -0.1) is 0 Å². The van der Waals surface area contributed by atoms with Crippen LogP contribution in [0.2, 0.25) is 0 Å². The lowest BCUT2D eigenvalue weighted by atomic mass is 10.2. The Morgan fingerprint density at radius 1 is 1.19 bits per heavy atom. The van der Waals surface area contributed by atoms with Gasteiger partial charge in [-0.3, -0.25) is 9.69 Å². The number of piperazine rings is 1. The SMILES string of the molecule is CCN1CCN(Cc2cc(C(=O)N3CC=CC3)no2)CC1. The minimum atomic E-state index is -0.0502. The molecule has 0 N–H and O–H groups in total. The molecule has 3 heterocycles. The van der Waals surface area contributed by atoms with Gasteiger partial charge in [0.1, 0.15) is 0 Å². The monoisotopic (exact) mass is 290 g/mol. The fourth-order valence-electron chi connectivity index (χ4n) is 2.78. The van der Waals surface area contributed by atoms with E-state index in [1.165, 1.54) is 0 Å². The molecule has 2 aliphatic heterocycles. The van der Waals surface area contributed by atoms with Gasteiger partial charge in [0.15, 0.2) is 11.5 Å². The van der Waals surface area contributed by atoms with E-state index in [-0.39, 0.29) is 5.91 Å². The quantitative estimate of drug-likeness (QED) is 0.769. The third-order valence-corrected chi connectivity index (χ3v) is 4.18. The first kappa shape index (κ1) is 14.3. The van der Waals surface area contributed by atoms with Crippen molar-refractivity contribution >= 4 is 5.91 Å². The van der Waals surface area contributed by atoms with E-state index in [0.29, 0.717) is 18.8 Å². The van der Waals surface area contributed by atoms with E-state index in [1.807, 2.05) is 12.2 Å². The summed E-state index contributed by atoms with van der Waals surface area (Å²) in [6, 6.07) is 1.78. The number of nitrogens with zero attached hydrogens (tertiary/aromatic N) is 4. The molecule has 0 atom stereocenters. The molecule has 6 nitrogen and oxygen atoms in total. The summed E-state index contributed by atoms with van der Waals surface area (Å²) in [7, 11) is 0. The second kappa shape index (κ2) is 6.41. The van der Waals surface area contributed by atoms with Gasteiger partial charge in [-0.25, -0.2) is 0 Å². The van der Waals surface area contributed by atoms with Crippen LogP contribution in [0, 0.1) is 0 Å². The molecule has 0 unspecified atom stereocenters. The third-order valence-electron chi connectivity index (χ3n) is 4.18. The highest BCUT2D eigenvalue weighted by Gasteiger charge is 2.22. The Morgan fingerprint density at radius 3 is 2.52 bits per heavy atom. The van der Waals surface area contributed by atoms with Crippen molar-refractivity contribution in [2.45, 2.75) is 13.5 Å². The minimum Gasteiger partial charge on any atom is -0.359 e. The van der Waals surface area contributed by atoms with Crippen LogP contribution in [0.3, 0.4) is 0 Å². The maximum atomic E-state index is 12.2. The molecule has 1 amide bonds. The highest BCUT2D eigenvalue weighted by molar-refractivity contribution is 5.92. The van der Waals surface area contributed by atoms with Crippen LogP contribution in [-0.4, -0.2) is 71.6 Å². The number of hydrogen-bond acceptors (Lipinski definition) is 5. The smallest absolute Gasteiger partial charge is 0.276 e. The Labute approximate surface area is 125 Å². The van der Waals surface area contributed by atoms with Gasteiger partial charge in [-0.2, -0.15) is 0 Å². The Kier molecular flexibility index (Phi) is 4.36. The standard InChI is InChI=1S/C15H22N4O2/c1-2-17-7-9-18(10-8-17)12-13-11-14(16-21-13)15(20)19-5-3-4-6-19/h3-4,11H,2,5-10,12H2,1H3. The van der Waals surface area contributed by atoms with Gasteiger partial charge in [0, 0.05) is 45.3 Å². The van der Waals surface area contributed by atoms with Crippen LogP contribution in [0.4, 0.5) is 0 Å². The number of likely N-dealkylation sites (N-methyl/N-ethyl adjacent to an activating group) is 1. The zero-order valence-corrected chi connectivity index (χ0v) is 12.5. The first-order valence-electron chi connectivity index (χ1n) is 7.61.